The molecule has 3 aliphatic rings. The van der Waals surface area contributed by atoms with Crippen molar-refractivity contribution in [2.24, 2.45) is 5.92 Å². The Morgan fingerprint density at radius 1 is 1.12 bits per heavy atom. The molecule has 50 heavy (non-hydrogen) atoms. The molecule has 0 unspecified atom stereocenters. The molecule has 1 atom stereocenters. The predicted octanol–water partition coefficient (Wildman–Crippen LogP) is 6.85. The minimum Gasteiger partial charge on any atom is -0.489 e. The summed E-state index contributed by atoms with van der Waals surface area (Å²) in [5.41, 5.74) is 1.90. The standard InChI is InChI=1S/C36H39Cl2F2N3O7/c1-3-27(37)25(28(38)4-2)19-31(23-7-10-30(50-36(39)40)32(17-23)48-21-22-5-6-22)49-33(44)20-43-29-9-8-24(18-26(29)34(45)35(43)46)41-11-12-42-13-15-47-16-14-42/h3-4,7-10,17-18,22,31,36,41H,1,5-6,11-16,19-21H2,2H3/b27-25+,28-4+/t31-/m0/s1. The van der Waals surface area contributed by atoms with Crippen molar-refractivity contribution in [3.63, 3.8) is 0 Å². The van der Waals surface area contributed by atoms with E-state index < -0.39 is 36.9 Å². The third-order valence-electron chi connectivity index (χ3n) is 8.52. The molecule has 14 heteroatoms. The Labute approximate surface area is 299 Å². The van der Waals surface area contributed by atoms with Crippen molar-refractivity contribution in [1.29, 1.82) is 0 Å². The number of rotatable bonds is 17. The number of amides is 1. The molecular weight excluding hydrogens is 695 g/mol. The van der Waals surface area contributed by atoms with Gasteiger partial charge in [-0.2, -0.15) is 8.78 Å². The van der Waals surface area contributed by atoms with E-state index in [1.807, 2.05) is 0 Å². The summed E-state index contributed by atoms with van der Waals surface area (Å²) in [6, 6.07) is 9.20. The van der Waals surface area contributed by atoms with Gasteiger partial charge in [-0.15, -0.1) is 0 Å². The van der Waals surface area contributed by atoms with E-state index in [4.69, 9.17) is 37.4 Å². The van der Waals surface area contributed by atoms with Crippen LogP contribution in [0.2, 0.25) is 0 Å². The molecule has 1 amide bonds. The Balaban J connectivity index is 1.35. The van der Waals surface area contributed by atoms with Crippen LogP contribution in [0.4, 0.5) is 20.2 Å². The van der Waals surface area contributed by atoms with Gasteiger partial charge in [-0.1, -0.05) is 48.0 Å². The first kappa shape index (κ1) is 37.3. The maximum absolute atomic E-state index is 13.6. The second-order valence-corrected chi connectivity index (χ2v) is 12.8. The number of nitrogens with one attached hydrogen (secondary N) is 1. The summed E-state index contributed by atoms with van der Waals surface area (Å²) in [6.07, 6.45) is 3.82. The molecule has 2 aromatic carbocycles. The van der Waals surface area contributed by atoms with Gasteiger partial charge in [-0.3, -0.25) is 24.2 Å². The highest BCUT2D eigenvalue weighted by atomic mass is 35.5. The summed E-state index contributed by atoms with van der Waals surface area (Å²) < 4.78 is 48.3. The zero-order valence-electron chi connectivity index (χ0n) is 27.6. The third-order valence-corrected chi connectivity index (χ3v) is 9.35. The smallest absolute Gasteiger partial charge is 0.387 e. The average Bonchev–Trinajstić information content (AvgIpc) is 3.92. The zero-order valence-corrected chi connectivity index (χ0v) is 29.1. The topological polar surface area (TPSA) is 107 Å². The van der Waals surface area contributed by atoms with Gasteiger partial charge in [0, 0.05) is 48.4 Å². The third kappa shape index (κ3) is 9.63. The van der Waals surface area contributed by atoms with Crippen LogP contribution in [0, 0.1) is 5.92 Å². The number of morpholine rings is 1. The molecule has 268 valence electrons. The van der Waals surface area contributed by atoms with Gasteiger partial charge in [-0.05, 0) is 67.2 Å². The number of hydrogen-bond donors (Lipinski definition) is 1. The fourth-order valence-electron chi connectivity index (χ4n) is 5.62. The molecule has 0 bridgehead atoms. The van der Waals surface area contributed by atoms with Gasteiger partial charge in [0.1, 0.15) is 12.6 Å². The normalized spacial score (nSPS) is 17.7. The number of allylic oxidation sites excluding steroid dienone is 4. The summed E-state index contributed by atoms with van der Waals surface area (Å²) >= 11 is 12.9. The Hall–Kier alpha value is -3.97. The largest absolute Gasteiger partial charge is 0.489 e. The van der Waals surface area contributed by atoms with Crippen molar-refractivity contribution in [2.45, 2.75) is 38.9 Å². The molecule has 0 radical (unpaired) electrons. The number of halogens is 4. The first-order chi connectivity index (χ1) is 24.1. The molecule has 2 fully saturated rings. The van der Waals surface area contributed by atoms with E-state index in [1.54, 1.807) is 31.2 Å². The van der Waals surface area contributed by atoms with Crippen molar-refractivity contribution in [1.82, 2.24) is 4.90 Å². The SMILES string of the molecule is C=C/C(Cl)=C(C[C@H](OC(=O)CN1C(=O)C(=O)c2cc(NCCN3CCOCC3)ccc21)c1ccc(OC(F)F)c(OCC2CC2)c1)\C(Cl)=C/C. The summed E-state index contributed by atoms with van der Waals surface area (Å²) in [5, 5.41) is 3.77. The van der Waals surface area contributed by atoms with Crippen LogP contribution in [-0.2, 0) is 19.1 Å². The number of carbonyl (C=O) groups excluding carboxylic acids is 3. The number of Topliss-reactive ketones (excluding diaryl/α,β-unsaturated/α-hetero) is 1. The number of carbonyl (C=O) groups is 3. The quantitative estimate of drug-likeness (QED) is 0.106. The van der Waals surface area contributed by atoms with Crippen LogP contribution in [-0.4, -0.2) is 81.7 Å². The lowest BCUT2D eigenvalue weighted by Gasteiger charge is -2.26. The van der Waals surface area contributed by atoms with Gasteiger partial charge < -0.3 is 24.3 Å². The number of anilines is 2. The Bertz CT molecular complexity index is 1660. The molecule has 1 aliphatic carbocycles. The Morgan fingerprint density at radius 3 is 2.56 bits per heavy atom. The van der Waals surface area contributed by atoms with Crippen molar-refractivity contribution >= 4 is 52.2 Å². The molecule has 1 saturated carbocycles. The van der Waals surface area contributed by atoms with E-state index in [9.17, 15) is 23.2 Å². The second kappa shape index (κ2) is 17.3. The minimum atomic E-state index is -3.09. The highest BCUT2D eigenvalue weighted by Gasteiger charge is 2.38. The van der Waals surface area contributed by atoms with Crippen molar-refractivity contribution in [3.8, 4) is 11.5 Å². The maximum Gasteiger partial charge on any atom is 0.387 e. The lowest BCUT2D eigenvalue weighted by Crippen LogP contribution is -2.39. The predicted molar refractivity (Wildman–Crippen MR) is 186 cm³/mol. The molecule has 10 nitrogen and oxygen atoms in total. The molecule has 0 spiro atoms. The summed E-state index contributed by atoms with van der Waals surface area (Å²) in [4.78, 5) is 43.0. The number of ketones is 1. The van der Waals surface area contributed by atoms with Gasteiger partial charge >= 0.3 is 12.6 Å². The summed E-state index contributed by atoms with van der Waals surface area (Å²) in [7, 11) is 0. The fourth-order valence-corrected chi connectivity index (χ4v) is 6.02. The van der Waals surface area contributed by atoms with Crippen LogP contribution < -0.4 is 19.7 Å². The maximum atomic E-state index is 13.6. The fraction of sp³-hybridized carbons (Fsp3) is 0.417. The Kier molecular flexibility index (Phi) is 12.9. The molecule has 2 heterocycles. The van der Waals surface area contributed by atoms with Crippen LogP contribution in [0.5, 0.6) is 11.5 Å². The second-order valence-electron chi connectivity index (χ2n) is 12.0. The molecule has 0 aromatic heterocycles. The van der Waals surface area contributed by atoms with Crippen LogP contribution in [0.15, 0.2) is 70.8 Å². The van der Waals surface area contributed by atoms with E-state index in [2.05, 4.69) is 21.5 Å². The minimum absolute atomic E-state index is 0.0418. The average molecular weight is 735 g/mol. The molecule has 2 aromatic rings. The van der Waals surface area contributed by atoms with Gasteiger partial charge in [0.25, 0.3) is 11.7 Å². The number of ether oxygens (including phenoxy) is 4. The molecule has 1 N–H and O–H groups in total. The molecular formula is C36H39Cl2F2N3O7. The summed E-state index contributed by atoms with van der Waals surface area (Å²) in [5.74, 6) is -2.25. The van der Waals surface area contributed by atoms with E-state index in [1.165, 1.54) is 24.3 Å². The first-order valence-corrected chi connectivity index (χ1v) is 17.1. The van der Waals surface area contributed by atoms with Gasteiger partial charge in [0.2, 0.25) is 0 Å². The van der Waals surface area contributed by atoms with Crippen molar-refractivity contribution < 1.29 is 42.1 Å². The zero-order chi connectivity index (χ0) is 35.8. The highest BCUT2D eigenvalue weighted by Crippen LogP contribution is 2.39. The van der Waals surface area contributed by atoms with E-state index >= 15 is 0 Å². The summed E-state index contributed by atoms with van der Waals surface area (Å²) in [6.45, 7) is 6.56. The van der Waals surface area contributed by atoms with Crippen LogP contribution >= 0.6 is 23.2 Å². The number of esters is 1. The van der Waals surface area contributed by atoms with Gasteiger partial charge in [0.15, 0.2) is 11.5 Å². The van der Waals surface area contributed by atoms with Crippen molar-refractivity contribution in [2.75, 3.05) is 62.8 Å². The van der Waals surface area contributed by atoms with E-state index in [-0.39, 0.29) is 39.2 Å². The molecule has 1 saturated heterocycles. The lowest BCUT2D eigenvalue weighted by atomic mass is 9.99. The Morgan fingerprint density at radius 2 is 1.88 bits per heavy atom. The molecule has 5 rings (SSSR count). The van der Waals surface area contributed by atoms with Crippen LogP contribution in [0.3, 0.4) is 0 Å². The van der Waals surface area contributed by atoms with Crippen molar-refractivity contribution in [3.05, 3.63) is 81.9 Å². The van der Waals surface area contributed by atoms with Crippen LogP contribution in [0.25, 0.3) is 0 Å². The number of nitrogens with zero attached hydrogens (tertiary/aromatic N) is 2. The van der Waals surface area contributed by atoms with Gasteiger partial charge in [-0.25, -0.2) is 0 Å². The van der Waals surface area contributed by atoms with Crippen LogP contribution in [0.1, 0.15) is 48.2 Å². The number of hydrogen-bond acceptors (Lipinski definition) is 9. The monoisotopic (exact) mass is 733 g/mol. The number of alkyl halides is 2. The molecule has 2 aliphatic heterocycles. The lowest BCUT2D eigenvalue weighted by molar-refractivity contribution is -0.148. The van der Waals surface area contributed by atoms with Gasteiger partial charge in [0.05, 0.1) is 31.1 Å². The first-order valence-electron chi connectivity index (χ1n) is 16.4. The highest BCUT2D eigenvalue weighted by molar-refractivity contribution is 6.52. The number of benzene rings is 2. The van der Waals surface area contributed by atoms with E-state index in [0.29, 0.717) is 49.1 Å². The number of fused-ring (bicyclic) bond motifs is 1. The van der Waals surface area contributed by atoms with E-state index in [0.717, 1.165) is 37.4 Å².